The number of hydrogen-bond donors (Lipinski definition) is 3. The van der Waals surface area contributed by atoms with Gasteiger partial charge in [0.1, 0.15) is 11.4 Å². The second kappa shape index (κ2) is 10.0. The third-order valence-corrected chi connectivity index (χ3v) is 5.79. The van der Waals surface area contributed by atoms with Crippen LogP contribution in [0.4, 0.5) is 4.39 Å². The van der Waals surface area contributed by atoms with Crippen LogP contribution < -0.4 is 10.6 Å². The highest BCUT2D eigenvalue weighted by Crippen LogP contribution is 2.34. The third kappa shape index (κ3) is 5.58. The van der Waals surface area contributed by atoms with Crippen molar-refractivity contribution >= 4 is 5.96 Å². The summed E-state index contributed by atoms with van der Waals surface area (Å²) in [4.78, 5) is 4.64. The van der Waals surface area contributed by atoms with Crippen molar-refractivity contribution in [1.29, 1.82) is 0 Å². The smallest absolute Gasteiger partial charge is 0.191 e. The van der Waals surface area contributed by atoms with Crippen molar-refractivity contribution in [3.63, 3.8) is 0 Å². The van der Waals surface area contributed by atoms with Crippen molar-refractivity contribution < 1.29 is 14.2 Å². The Bertz CT molecular complexity index is 816. The van der Waals surface area contributed by atoms with Gasteiger partial charge in [-0.1, -0.05) is 42.5 Å². The first-order valence-electron chi connectivity index (χ1n) is 10.6. The standard InChI is InChI=1S/C24H32FN3O2/c1-3-26-22(27-17-23(2,29)19-7-5-4-6-8-19)28-18-24(13-15-30-16-14-24)20-9-11-21(25)12-10-20/h4-12,29H,3,13-18H2,1-2H3,(H2,26,27,28). The van der Waals surface area contributed by atoms with Crippen molar-refractivity contribution in [2.75, 3.05) is 32.8 Å². The molecule has 0 amide bonds. The number of benzene rings is 2. The van der Waals surface area contributed by atoms with Crippen LogP contribution in [0, 0.1) is 5.82 Å². The number of ether oxygens (including phenoxy) is 1. The Kier molecular flexibility index (Phi) is 7.45. The van der Waals surface area contributed by atoms with E-state index in [9.17, 15) is 9.50 Å². The number of hydrogen-bond acceptors (Lipinski definition) is 3. The highest BCUT2D eigenvalue weighted by Gasteiger charge is 2.34. The largest absolute Gasteiger partial charge is 0.384 e. The van der Waals surface area contributed by atoms with Crippen LogP contribution in [0.25, 0.3) is 0 Å². The summed E-state index contributed by atoms with van der Waals surface area (Å²) < 4.78 is 19.0. The SMILES string of the molecule is CCNC(=NCC(C)(O)c1ccccc1)NCC1(c2ccc(F)cc2)CCOCC1. The molecule has 5 nitrogen and oxygen atoms in total. The maximum Gasteiger partial charge on any atom is 0.191 e. The molecule has 1 heterocycles. The molecule has 0 radical (unpaired) electrons. The molecule has 0 bridgehead atoms. The van der Waals surface area contributed by atoms with Crippen LogP contribution >= 0.6 is 0 Å². The zero-order valence-electron chi connectivity index (χ0n) is 17.8. The molecule has 1 saturated heterocycles. The van der Waals surface area contributed by atoms with Crippen LogP contribution in [0.1, 0.15) is 37.8 Å². The van der Waals surface area contributed by atoms with E-state index < -0.39 is 5.60 Å². The Hall–Kier alpha value is -2.44. The molecule has 2 aromatic carbocycles. The number of aliphatic imine (C=N–C) groups is 1. The molecule has 0 aliphatic carbocycles. The molecule has 1 aliphatic heterocycles. The van der Waals surface area contributed by atoms with E-state index in [0.717, 1.165) is 24.0 Å². The zero-order chi connectivity index (χ0) is 21.5. The van der Waals surface area contributed by atoms with Gasteiger partial charge in [0.25, 0.3) is 0 Å². The van der Waals surface area contributed by atoms with Gasteiger partial charge in [0, 0.05) is 31.7 Å². The van der Waals surface area contributed by atoms with Crippen molar-refractivity contribution in [3.05, 3.63) is 71.5 Å². The fourth-order valence-corrected chi connectivity index (χ4v) is 3.85. The molecule has 30 heavy (non-hydrogen) atoms. The second-order valence-corrected chi connectivity index (χ2v) is 8.09. The summed E-state index contributed by atoms with van der Waals surface area (Å²) >= 11 is 0. The van der Waals surface area contributed by atoms with Crippen LogP contribution in [0.3, 0.4) is 0 Å². The van der Waals surface area contributed by atoms with Crippen molar-refractivity contribution in [2.24, 2.45) is 4.99 Å². The number of nitrogens with zero attached hydrogens (tertiary/aromatic N) is 1. The summed E-state index contributed by atoms with van der Waals surface area (Å²) in [7, 11) is 0. The molecule has 162 valence electrons. The summed E-state index contributed by atoms with van der Waals surface area (Å²) in [6.45, 7) is 6.74. The van der Waals surface area contributed by atoms with Gasteiger partial charge < -0.3 is 20.5 Å². The van der Waals surface area contributed by atoms with E-state index in [-0.39, 0.29) is 17.8 Å². The van der Waals surface area contributed by atoms with E-state index in [1.165, 1.54) is 12.1 Å². The van der Waals surface area contributed by atoms with E-state index in [4.69, 9.17) is 4.74 Å². The first kappa shape index (κ1) is 22.2. The first-order chi connectivity index (χ1) is 14.5. The maximum atomic E-state index is 13.5. The first-order valence-corrected chi connectivity index (χ1v) is 10.6. The van der Waals surface area contributed by atoms with Crippen LogP contribution in [-0.4, -0.2) is 43.9 Å². The number of rotatable bonds is 7. The topological polar surface area (TPSA) is 65.9 Å². The fourth-order valence-electron chi connectivity index (χ4n) is 3.85. The lowest BCUT2D eigenvalue weighted by Crippen LogP contribution is -2.48. The van der Waals surface area contributed by atoms with Crippen molar-refractivity contribution in [1.82, 2.24) is 10.6 Å². The molecule has 1 fully saturated rings. The Morgan fingerprint density at radius 2 is 1.77 bits per heavy atom. The molecule has 0 aromatic heterocycles. The van der Waals surface area contributed by atoms with Crippen LogP contribution in [0.15, 0.2) is 59.6 Å². The molecule has 1 unspecified atom stereocenters. The van der Waals surface area contributed by atoms with E-state index >= 15 is 0 Å². The van der Waals surface area contributed by atoms with Gasteiger partial charge in [-0.3, -0.25) is 0 Å². The predicted octanol–water partition coefficient (Wildman–Crippen LogP) is 3.34. The average molecular weight is 414 g/mol. The van der Waals surface area contributed by atoms with E-state index in [2.05, 4.69) is 15.6 Å². The minimum Gasteiger partial charge on any atom is -0.384 e. The van der Waals surface area contributed by atoms with Crippen LogP contribution in [0.5, 0.6) is 0 Å². The number of nitrogens with one attached hydrogen (secondary N) is 2. The summed E-state index contributed by atoms with van der Waals surface area (Å²) in [5, 5.41) is 17.6. The van der Waals surface area contributed by atoms with Gasteiger partial charge in [0.05, 0.1) is 6.54 Å². The highest BCUT2D eigenvalue weighted by molar-refractivity contribution is 5.80. The Labute approximate surface area is 178 Å². The molecule has 1 aliphatic rings. The molecule has 6 heteroatoms. The van der Waals surface area contributed by atoms with Gasteiger partial charge >= 0.3 is 0 Å². The van der Waals surface area contributed by atoms with Crippen LogP contribution in [-0.2, 0) is 15.8 Å². The summed E-state index contributed by atoms with van der Waals surface area (Å²) in [6, 6.07) is 16.3. The number of aliphatic hydroxyl groups is 1. The van der Waals surface area contributed by atoms with E-state index in [1.54, 1.807) is 6.92 Å². The van der Waals surface area contributed by atoms with Gasteiger partial charge in [-0.05, 0) is 49.9 Å². The van der Waals surface area contributed by atoms with Crippen molar-refractivity contribution in [3.8, 4) is 0 Å². The maximum absolute atomic E-state index is 13.5. The highest BCUT2D eigenvalue weighted by atomic mass is 19.1. The minimum atomic E-state index is -1.06. The second-order valence-electron chi connectivity index (χ2n) is 8.09. The quantitative estimate of drug-likeness (QED) is 0.481. The molecule has 0 saturated carbocycles. The zero-order valence-corrected chi connectivity index (χ0v) is 17.8. The molecular formula is C24H32FN3O2. The van der Waals surface area contributed by atoms with Gasteiger partial charge in [0.15, 0.2) is 5.96 Å². The Morgan fingerprint density at radius 1 is 1.10 bits per heavy atom. The molecule has 0 spiro atoms. The number of guanidine groups is 1. The van der Waals surface area contributed by atoms with Crippen LogP contribution in [0.2, 0.25) is 0 Å². The Balaban J connectivity index is 1.74. The lowest BCUT2D eigenvalue weighted by atomic mass is 9.74. The minimum absolute atomic E-state index is 0.149. The van der Waals surface area contributed by atoms with Crippen molar-refractivity contribution in [2.45, 2.75) is 37.7 Å². The summed E-state index contributed by atoms with van der Waals surface area (Å²) in [6.07, 6.45) is 1.71. The van der Waals surface area contributed by atoms with Gasteiger partial charge in [-0.15, -0.1) is 0 Å². The van der Waals surface area contributed by atoms with Gasteiger partial charge in [-0.25, -0.2) is 9.38 Å². The van der Waals surface area contributed by atoms with Gasteiger partial charge in [-0.2, -0.15) is 0 Å². The average Bonchev–Trinajstić information content (AvgIpc) is 2.77. The fraction of sp³-hybridized carbons (Fsp3) is 0.458. The molecular weight excluding hydrogens is 381 g/mol. The monoisotopic (exact) mass is 413 g/mol. The molecule has 3 N–H and O–H groups in total. The molecule has 2 aromatic rings. The van der Waals surface area contributed by atoms with E-state index in [0.29, 0.717) is 32.3 Å². The lowest BCUT2D eigenvalue weighted by molar-refractivity contribution is 0.0513. The molecule has 3 rings (SSSR count). The van der Waals surface area contributed by atoms with E-state index in [1.807, 2.05) is 49.4 Å². The van der Waals surface area contributed by atoms with Gasteiger partial charge in [0.2, 0.25) is 0 Å². The normalized spacial score (nSPS) is 18.5. The summed E-state index contributed by atoms with van der Waals surface area (Å²) in [5.74, 6) is 0.425. The lowest BCUT2D eigenvalue weighted by Gasteiger charge is -2.38. The number of halogens is 1. The predicted molar refractivity (Wildman–Crippen MR) is 118 cm³/mol. The third-order valence-electron chi connectivity index (χ3n) is 5.79. The molecule has 1 atom stereocenters. The summed E-state index contributed by atoms with van der Waals surface area (Å²) in [5.41, 5.74) is 0.727. The Morgan fingerprint density at radius 3 is 2.40 bits per heavy atom.